The number of aryl methyl sites for hydroxylation is 1. The van der Waals surface area contributed by atoms with Crippen molar-refractivity contribution in [2.45, 2.75) is 32.4 Å². The second kappa shape index (κ2) is 4.96. The van der Waals surface area contributed by atoms with Gasteiger partial charge in [0.15, 0.2) is 5.17 Å². The summed E-state index contributed by atoms with van der Waals surface area (Å²) in [4.78, 5) is 16.4. The molecule has 0 spiro atoms. The van der Waals surface area contributed by atoms with Crippen molar-refractivity contribution in [1.82, 2.24) is 5.32 Å². The van der Waals surface area contributed by atoms with Gasteiger partial charge in [-0.05, 0) is 43.5 Å². The minimum Gasteiger partial charge on any atom is -0.304 e. The fourth-order valence-corrected chi connectivity index (χ4v) is 2.85. The maximum absolute atomic E-state index is 13.0. The van der Waals surface area contributed by atoms with Crippen molar-refractivity contribution in [1.29, 1.82) is 0 Å². The van der Waals surface area contributed by atoms with Crippen molar-refractivity contribution in [3.05, 3.63) is 29.6 Å². The van der Waals surface area contributed by atoms with E-state index in [1.54, 1.807) is 13.0 Å². The van der Waals surface area contributed by atoms with Crippen molar-refractivity contribution in [3.63, 3.8) is 0 Å². The number of hydrogen-bond acceptors (Lipinski definition) is 3. The lowest BCUT2D eigenvalue weighted by molar-refractivity contribution is -0.122. The Kier molecular flexibility index (Phi) is 3.67. The molecule has 1 aromatic rings. The van der Waals surface area contributed by atoms with Gasteiger partial charge in [-0.15, -0.1) is 0 Å². The lowest BCUT2D eigenvalue weighted by atomic mass is 9.96. The fraction of sp³-hybridized carbons (Fsp3) is 0.429. The average Bonchev–Trinajstić information content (AvgIpc) is 2.60. The number of thioether (sulfide) groups is 1. The van der Waals surface area contributed by atoms with Gasteiger partial charge in [0.25, 0.3) is 0 Å². The van der Waals surface area contributed by atoms with Crippen LogP contribution >= 0.6 is 11.8 Å². The maximum Gasteiger partial charge on any atom is 0.242 e. The Bertz CT molecular complexity index is 556. The van der Waals surface area contributed by atoms with Gasteiger partial charge >= 0.3 is 0 Å². The van der Waals surface area contributed by atoms with Gasteiger partial charge in [-0.25, -0.2) is 9.38 Å². The van der Waals surface area contributed by atoms with Gasteiger partial charge in [-0.1, -0.05) is 25.6 Å². The summed E-state index contributed by atoms with van der Waals surface area (Å²) in [5.74, 6) is -0.0953. The van der Waals surface area contributed by atoms with Crippen LogP contribution in [0, 0.1) is 18.7 Å². The predicted octanol–water partition coefficient (Wildman–Crippen LogP) is 3.40. The highest BCUT2D eigenvalue weighted by molar-refractivity contribution is 8.16. The largest absolute Gasteiger partial charge is 0.304 e. The van der Waals surface area contributed by atoms with Crippen LogP contribution in [-0.2, 0) is 4.79 Å². The molecule has 5 heteroatoms. The van der Waals surface area contributed by atoms with Gasteiger partial charge in [-0.3, -0.25) is 4.79 Å². The lowest BCUT2D eigenvalue weighted by Crippen LogP contribution is -2.38. The number of nitrogens with one attached hydrogen (secondary N) is 1. The molecular weight excluding hydrogens is 263 g/mol. The van der Waals surface area contributed by atoms with Crippen molar-refractivity contribution >= 4 is 28.5 Å². The fourth-order valence-electron chi connectivity index (χ4n) is 1.78. The van der Waals surface area contributed by atoms with Crippen LogP contribution in [0.5, 0.6) is 0 Å². The first-order valence-electron chi connectivity index (χ1n) is 6.18. The van der Waals surface area contributed by atoms with E-state index >= 15 is 0 Å². The summed E-state index contributed by atoms with van der Waals surface area (Å²) in [5.41, 5.74) is 1.43. The molecule has 19 heavy (non-hydrogen) atoms. The highest BCUT2D eigenvalue weighted by atomic mass is 32.2. The molecule has 1 aliphatic rings. The molecule has 3 nitrogen and oxygen atoms in total. The molecule has 2 rings (SSSR count). The van der Waals surface area contributed by atoms with Gasteiger partial charge in [0.2, 0.25) is 5.91 Å². The predicted molar refractivity (Wildman–Crippen MR) is 77.2 cm³/mol. The first-order valence-corrected chi connectivity index (χ1v) is 7.00. The monoisotopic (exact) mass is 280 g/mol. The minimum absolute atomic E-state index is 0.0222. The molecule has 1 unspecified atom stereocenters. The van der Waals surface area contributed by atoms with E-state index in [1.807, 2.05) is 20.8 Å². The van der Waals surface area contributed by atoms with Crippen LogP contribution in [0.25, 0.3) is 0 Å². The number of benzene rings is 1. The second-order valence-electron chi connectivity index (χ2n) is 5.17. The topological polar surface area (TPSA) is 41.5 Å². The number of amidine groups is 1. The Morgan fingerprint density at radius 2 is 2.11 bits per heavy atom. The number of rotatable bonds is 2. The molecule has 102 valence electrons. The summed E-state index contributed by atoms with van der Waals surface area (Å²) >= 11 is 1.43. The van der Waals surface area contributed by atoms with E-state index in [1.165, 1.54) is 23.9 Å². The third-order valence-electron chi connectivity index (χ3n) is 3.46. The summed E-state index contributed by atoms with van der Waals surface area (Å²) in [6, 6.07) is 4.42. The number of aliphatic imine (C=N–C) groups is 1. The van der Waals surface area contributed by atoms with E-state index < -0.39 is 4.75 Å². The SMILES string of the molecule is Cc1cc(F)ccc1N=C1NC(=O)C(C)(C(C)C)S1. The van der Waals surface area contributed by atoms with E-state index in [-0.39, 0.29) is 17.6 Å². The van der Waals surface area contributed by atoms with Crippen LogP contribution in [0.15, 0.2) is 23.2 Å². The van der Waals surface area contributed by atoms with Crippen molar-refractivity contribution in [2.75, 3.05) is 0 Å². The molecule has 1 saturated heterocycles. The number of carbonyl (C=O) groups excluding carboxylic acids is 1. The highest BCUT2D eigenvalue weighted by Gasteiger charge is 2.44. The summed E-state index contributed by atoms with van der Waals surface area (Å²) in [5, 5.41) is 3.38. The molecule has 1 heterocycles. The van der Waals surface area contributed by atoms with Crippen LogP contribution in [-0.4, -0.2) is 15.8 Å². The molecule has 0 saturated carbocycles. The number of nitrogens with zero attached hydrogens (tertiary/aromatic N) is 1. The van der Waals surface area contributed by atoms with Crippen LogP contribution < -0.4 is 5.32 Å². The molecule has 0 bridgehead atoms. The smallest absolute Gasteiger partial charge is 0.242 e. The third kappa shape index (κ3) is 2.66. The zero-order valence-corrected chi connectivity index (χ0v) is 12.3. The van der Waals surface area contributed by atoms with Crippen LogP contribution in [0.1, 0.15) is 26.3 Å². The average molecular weight is 280 g/mol. The standard InChI is InChI=1S/C14H17FN2OS/c1-8(2)14(4)12(18)17-13(19-14)16-11-6-5-10(15)7-9(11)3/h5-8H,1-4H3,(H,16,17,18). The Hall–Kier alpha value is -1.36. The summed E-state index contributed by atoms with van der Waals surface area (Å²) in [6.07, 6.45) is 0. The van der Waals surface area contributed by atoms with Crippen LogP contribution in [0.2, 0.25) is 0 Å². The maximum atomic E-state index is 13.0. The molecule has 1 amide bonds. The molecule has 1 fully saturated rings. The molecule has 1 N–H and O–H groups in total. The minimum atomic E-state index is -0.493. The Balaban J connectivity index is 2.29. The van der Waals surface area contributed by atoms with Gasteiger partial charge in [-0.2, -0.15) is 0 Å². The lowest BCUT2D eigenvalue weighted by Gasteiger charge is -2.22. The zero-order valence-electron chi connectivity index (χ0n) is 11.5. The molecule has 0 aliphatic carbocycles. The Labute approximate surface area is 116 Å². The molecule has 0 aromatic heterocycles. The van der Waals surface area contributed by atoms with E-state index in [0.29, 0.717) is 10.9 Å². The Morgan fingerprint density at radius 3 is 2.63 bits per heavy atom. The number of hydrogen-bond donors (Lipinski definition) is 1. The first-order chi connectivity index (χ1) is 8.83. The second-order valence-corrected chi connectivity index (χ2v) is 6.60. The number of halogens is 1. The quantitative estimate of drug-likeness (QED) is 0.902. The third-order valence-corrected chi connectivity index (χ3v) is 4.93. The van der Waals surface area contributed by atoms with Gasteiger partial charge < -0.3 is 5.32 Å². The van der Waals surface area contributed by atoms with E-state index in [0.717, 1.165) is 5.56 Å². The molecular formula is C14H17FN2OS. The number of amides is 1. The van der Waals surface area contributed by atoms with Gasteiger partial charge in [0, 0.05) is 0 Å². The first kappa shape index (κ1) is 14.1. The Morgan fingerprint density at radius 1 is 1.42 bits per heavy atom. The molecule has 0 radical (unpaired) electrons. The normalized spacial score (nSPS) is 25.2. The zero-order chi connectivity index (χ0) is 14.2. The van der Waals surface area contributed by atoms with E-state index in [9.17, 15) is 9.18 Å². The van der Waals surface area contributed by atoms with E-state index in [2.05, 4.69) is 10.3 Å². The van der Waals surface area contributed by atoms with Crippen molar-refractivity contribution < 1.29 is 9.18 Å². The molecule has 1 aromatic carbocycles. The van der Waals surface area contributed by atoms with Crippen molar-refractivity contribution in [2.24, 2.45) is 10.9 Å². The van der Waals surface area contributed by atoms with Crippen LogP contribution in [0.3, 0.4) is 0 Å². The summed E-state index contributed by atoms with van der Waals surface area (Å²) in [6.45, 7) is 7.74. The van der Waals surface area contributed by atoms with Gasteiger partial charge in [0.05, 0.1) is 5.69 Å². The van der Waals surface area contributed by atoms with Crippen LogP contribution in [0.4, 0.5) is 10.1 Å². The van der Waals surface area contributed by atoms with Crippen molar-refractivity contribution in [3.8, 4) is 0 Å². The molecule has 1 aliphatic heterocycles. The summed E-state index contributed by atoms with van der Waals surface area (Å²) < 4.78 is 12.5. The van der Waals surface area contributed by atoms with Gasteiger partial charge in [0.1, 0.15) is 10.6 Å². The summed E-state index contributed by atoms with van der Waals surface area (Å²) in [7, 11) is 0. The molecule has 1 atom stereocenters. The highest BCUT2D eigenvalue weighted by Crippen LogP contribution is 2.38. The van der Waals surface area contributed by atoms with E-state index in [4.69, 9.17) is 0 Å². The number of carbonyl (C=O) groups is 1.